The Balaban J connectivity index is 2.11. The van der Waals surface area contributed by atoms with E-state index in [-0.39, 0.29) is 0 Å². The Morgan fingerprint density at radius 1 is 1.50 bits per heavy atom. The van der Waals surface area contributed by atoms with Crippen LogP contribution in [0.2, 0.25) is 0 Å². The first-order valence-corrected chi connectivity index (χ1v) is 6.03. The zero-order valence-electron chi connectivity index (χ0n) is 10.2. The van der Waals surface area contributed by atoms with Crippen molar-refractivity contribution in [3.63, 3.8) is 0 Å². The number of ether oxygens (including phenoxy) is 1. The molecule has 0 radical (unpaired) electrons. The Bertz CT molecular complexity index is 353. The molecule has 1 atom stereocenters. The molecule has 0 aliphatic carbocycles. The fraction of sp³-hybridized carbons (Fsp3) is 0.750. The molecule has 90 valence electrons. The van der Waals surface area contributed by atoms with Gasteiger partial charge in [0.1, 0.15) is 0 Å². The molecule has 0 bridgehead atoms. The quantitative estimate of drug-likeness (QED) is 0.829. The zero-order chi connectivity index (χ0) is 11.5. The lowest BCUT2D eigenvalue weighted by molar-refractivity contribution is 0.181. The van der Waals surface area contributed by atoms with Gasteiger partial charge in [0.2, 0.25) is 0 Å². The lowest BCUT2D eigenvalue weighted by Gasteiger charge is -2.09. The van der Waals surface area contributed by atoms with Crippen LogP contribution in [0.1, 0.15) is 23.4 Å². The number of aromatic nitrogens is 2. The van der Waals surface area contributed by atoms with Gasteiger partial charge in [0.15, 0.2) is 0 Å². The Morgan fingerprint density at radius 3 is 2.94 bits per heavy atom. The Hall–Kier alpha value is -0.870. The van der Waals surface area contributed by atoms with Gasteiger partial charge < -0.3 is 10.5 Å². The van der Waals surface area contributed by atoms with Crippen molar-refractivity contribution in [2.24, 2.45) is 11.7 Å². The van der Waals surface area contributed by atoms with E-state index in [4.69, 9.17) is 10.5 Å². The molecule has 1 saturated heterocycles. The number of rotatable bonds is 4. The van der Waals surface area contributed by atoms with Crippen molar-refractivity contribution in [1.82, 2.24) is 9.78 Å². The van der Waals surface area contributed by atoms with E-state index in [1.807, 2.05) is 0 Å². The molecule has 1 aromatic heterocycles. The summed E-state index contributed by atoms with van der Waals surface area (Å²) in [6.45, 7) is 7.67. The lowest BCUT2D eigenvalue weighted by atomic mass is 10.1. The second kappa shape index (κ2) is 4.97. The molecule has 1 unspecified atom stereocenters. The maximum atomic E-state index is 5.61. The van der Waals surface area contributed by atoms with Crippen LogP contribution in [0.3, 0.4) is 0 Å². The molecule has 0 spiro atoms. The third kappa shape index (κ3) is 2.28. The summed E-state index contributed by atoms with van der Waals surface area (Å²) in [5, 5.41) is 4.60. The van der Waals surface area contributed by atoms with Crippen molar-refractivity contribution in [1.29, 1.82) is 0 Å². The third-order valence-corrected chi connectivity index (χ3v) is 3.38. The van der Waals surface area contributed by atoms with Gasteiger partial charge in [-0.25, -0.2) is 0 Å². The molecule has 1 aliphatic rings. The van der Waals surface area contributed by atoms with Crippen LogP contribution in [0.25, 0.3) is 0 Å². The van der Waals surface area contributed by atoms with E-state index in [0.717, 1.165) is 38.3 Å². The maximum Gasteiger partial charge on any atom is 0.0628 e. The van der Waals surface area contributed by atoms with E-state index in [9.17, 15) is 0 Å². The van der Waals surface area contributed by atoms with Crippen LogP contribution in [0.4, 0.5) is 0 Å². The first kappa shape index (κ1) is 11.6. The number of hydrogen-bond acceptors (Lipinski definition) is 3. The predicted molar refractivity (Wildman–Crippen MR) is 63.4 cm³/mol. The second-order valence-electron chi connectivity index (χ2n) is 4.60. The number of aryl methyl sites for hydroxylation is 1. The van der Waals surface area contributed by atoms with Gasteiger partial charge in [-0.1, -0.05) is 0 Å². The van der Waals surface area contributed by atoms with E-state index < -0.39 is 0 Å². The summed E-state index contributed by atoms with van der Waals surface area (Å²) in [7, 11) is 0. The van der Waals surface area contributed by atoms with E-state index >= 15 is 0 Å². The van der Waals surface area contributed by atoms with Crippen LogP contribution in [0, 0.1) is 19.8 Å². The third-order valence-electron chi connectivity index (χ3n) is 3.38. The fourth-order valence-corrected chi connectivity index (χ4v) is 2.39. The molecular weight excluding hydrogens is 202 g/mol. The van der Waals surface area contributed by atoms with Crippen LogP contribution in [0.15, 0.2) is 0 Å². The summed E-state index contributed by atoms with van der Waals surface area (Å²) < 4.78 is 7.52. The molecule has 2 rings (SSSR count). The minimum absolute atomic E-state index is 0.628. The van der Waals surface area contributed by atoms with Gasteiger partial charge in [-0.2, -0.15) is 5.10 Å². The summed E-state index contributed by atoms with van der Waals surface area (Å²) in [6, 6.07) is 0. The minimum Gasteiger partial charge on any atom is -0.381 e. The highest BCUT2D eigenvalue weighted by Crippen LogP contribution is 2.19. The van der Waals surface area contributed by atoms with Crippen molar-refractivity contribution in [3.05, 3.63) is 17.0 Å². The maximum absolute atomic E-state index is 5.61. The van der Waals surface area contributed by atoms with Gasteiger partial charge in [0.25, 0.3) is 0 Å². The van der Waals surface area contributed by atoms with Crippen molar-refractivity contribution >= 4 is 0 Å². The predicted octanol–water partition coefficient (Wildman–Crippen LogP) is 1.04. The standard InChI is InChI=1S/C12H21N3O/c1-9-12(3-5-13)10(2)15(14-9)7-11-4-6-16-8-11/h11H,3-8,13H2,1-2H3. The molecule has 1 fully saturated rings. The Morgan fingerprint density at radius 2 is 2.31 bits per heavy atom. The fourth-order valence-electron chi connectivity index (χ4n) is 2.39. The SMILES string of the molecule is Cc1nn(CC2CCOC2)c(C)c1CCN. The average Bonchev–Trinajstić information content (AvgIpc) is 2.84. The summed E-state index contributed by atoms with van der Waals surface area (Å²) in [5.41, 5.74) is 9.33. The number of nitrogens with zero attached hydrogens (tertiary/aromatic N) is 2. The van der Waals surface area contributed by atoms with Crippen molar-refractivity contribution < 1.29 is 4.74 Å². The van der Waals surface area contributed by atoms with Crippen LogP contribution < -0.4 is 5.73 Å². The van der Waals surface area contributed by atoms with Gasteiger partial charge >= 0.3 is 0 Å². The van der Waals surface area contributed by atoms with Crippen molar-refractivity contribution in [3.8, 4) is 0 Å². The number of nitrogens with two attached hydrogens (primary N) is 1. The van der Waals surface area contributed by atoms with E-state index in [2.05, 4.69) is 23.6 Å². The van der Waals surface area contributed by atoms with Gasteiger partial charge in [-0.05, 0) is 38.8 Å². The summed E-state index contributed by atoms with van der Waals surface area (Å²) in [5.74, 6) is 0.628. The molecule has 0 saturated carbocycles. The van der Waals surface area contributed by atoms with Crippen LogP contribution in [0.5, 0.6) is 0 Å². The van der Waals surface area contributed by atoms with Gasteiger partial charge in [0, 0.05) is 24.8 Å². The first-order chi connectivity index (χ1) is 7.72. The normalized spacial score (nSPS) is 20.6. The molecular formula is C12H21N3O. The van der Waals surface area contributed by atoms with Crippen molar-refractivity contribution in [2.45, 2.75) is 33.2 Å². The Labute approximate surface area is 96.8 Å². The molecule has 16 heavy (non-hydrogen) atoms. The Kier molecular flexibility index (Phi) is 3.61. The summed E-state index contributed by atoms with van der Waals surface area (Å²) >= 11 is 0. The van der Waals surface area contributed by atoms with Gasteiger partial charge in [-0.3, -0.25) is 4.68 Å². The molecule has 0 amide bonds. The molecule has 0 aromatic carbocycles. The molecule has 4 heteroatoms. The van der Waals surface area contributed by atoms with Gasteiger partial charge in [0.05, 0.1) is 12.3 Å². The van der Waals surface area contributed by atoms with E-state index in [1.165, 1.54) is 11.3 Å². The van der Waals surface area contributed by atoms with Crippen molar-refractivity contribution in [2.75, 3.05) is 19.8 Å². The average molecular weight is 223 g/mol. The topological polar surface area (TPSA) is 53.1 Å². The highest BCUT2D eigenvalue weighted by molar-refractivity contribution is 5.24. The largest absolute Gasteiger partial charge is 0.381 e. The van der Waals surface area contributed by atoms with E-state index in [1.54, 1.807) is 0 Å². The van der Waals surface area contributed by atoms with Crippen LogP contribution in [-0.2, 0) is 17.7 Å². The van der Waals surface area contributed by atoms with E-state index in [0.29, 0.717) is 12.5 Å². The molecule has 2 heterocycles. The highest BCUT2D eigenvalue weighted by atomic mass is 16.5. The smallest absolute Gasteiger partial charge is 0.0628 e. The monoisotopic (exact) mass is 223 g/mol. The lowest BCUT2D eigenvalue weighted by Crippen LogP contribution is -2.13. The van der Waals surface area contributed by atoms with Gasteiger partial charge in [-0.15, -0.1) is 0 Å². The van der Waals surface area contributed by atoms with Crippen LogP contribution in [-0.4, -0.2) is 29.5 Å². The summed E-state index contributed by atoms with van der Waals surface area (Å²) in [4.78, 5) is 0. The summed E-state index contributed by atoms with van der Waals surface area (Å²) in [6.07, 6.45) is 2.09. The van der Waals surface area contributed by atoms with Crippen LogP contribution >= 0.6 is 0 Å². The molecule has 4 nitrogen and oxygen atoms in total. The second-order valence-corrected chi connectivity index (χ2v) is 4.60. The molecule has 1 aliphatic heterocycles. The number of hydrogen-bond donors (Lipinski definition) is 1. The first-order valence-electron chi connectivity index (χ1n) is 6.03. The molecule has 2 N–H and O–H groups in total. The zero-order valence-corrected chi connectivity index (χ0v) is 10.2. The highest BCUT2D eigenvalue weighted by Gasteiger charge is 2.19. The molecule has 1 aromatic rings. The minimum atomic E-state index is 0.628.